The van der Waals surface area contributed by atoms with Gasteiger partial charge in [-0.15, -0.1) is 0 Å². The predicted octanol–water partition coefficient (Wildman–Crippen LogP) is 4.40. The Morgan fingerprint density at radius 1 is 1.21 bits per heavy atom. The fraction of sp³-hybridized carbons (Fsp3) is 0.357. The van der Waals surface area contributed by atoms with Crippen LogP contribution in [0.3, 0.4) is 0 Å². The van der Waals surface area contributed by atoms with Crippen LogP contribution in [0.5, 0.6) is 0 Å². The molecule has 0 amide bonds. The van der Waals surface area contributed by atoms with Gasteiger partial charge in [-0.3, -0.25) is 4.98 Å². The minimum atomic E-state index is -0.0706. The summed E-state index contributed by atoms with van der Waals surface area (Å²) in [4.78, 5) is 13.2. The summed E-state index contributed by atoms with van der Waals surface area (Å²) < 4.78 is 0.919. The number of nitrogens with zero attached hydrogens (tertiary/aromatic N) is 3. The maximum Gasteiger partial charge on any atom is 0.161 e. The first-order chi connectivity index (χ1) is 8.80. The monoisotopic (exact) mass is 387 g/mol. The summed E-state index contributed by atoms with van der Waals surface area (Å²) in [5.74, 6) is 0.662. The van der Waals surface area contributed by atoms with Crippen molar-refractivity contribution in [2.45, 2.75) is 33.1 Å². The second-order valence-corrected chi connectivity index (χ2v) is 6.88. The lowest BCUT2D eigenvalue weighted by molar-refractivity contribution is 0.563. The van der Waals surface area contributed by atoms with Crippen molar-refractivity contribution in [3.63, 3.8) is 0 Å². The van der Waals surface area contributed by atoms with E-state index in [4.69, 9.17) is 16.6 Å². The lowest BCUT2D eigenvalue weighted by Gasteiger charge is -2.20. The summed E-state index contributed by atoms with van der Waals surface area (Å²) in [5, 5.41) is 0.506. The van der Waals surface area contributed by atoms with Gasteiger partial charge in [-0.05, 0) is 41.1 Å². The number of halogens is 2. The average molecular weight is 388 g/mol. The molecule has 0 saturated carbocycles. The van der Waals surface area contributed by atoms with Crippen LogP contribution in [0.4, 0.5) is 0 Å². The van der Waals surface area contributed by atoms with E-state index in [2.05, 4.69) is 53.3 Å². The van der Waals surface area contributed by atoms with Crippen molar-refractivity contribution in [2.75, 3.05) is 0 Å². The van der Waals surface area contributed by atoms with Gasteiger partial charge in [0.1, 0.15) is 5.15 Å². The smallest absolute Gasteiger partial charge is 0.161 e. The van der Waals surface area contributed by atoms with Gasteiger partial charge in [0.05, 0.1) is 9.26 Å². The molecule has 2 rings (SSSR count). The highest BCUT2D eigenvalue weighted by Crippen LogP contribution is 2.31. The van der Waals surface area contributed by atoms with Crippen LogP contribution in [0, 0.1) is 10.5 Å². The molecule has 0 aliphatic rings. The summed E-state index contributed by atoms with van der Waals surface area (Å²) in [6.45, 7) is 8.36. The molecule has 100 valence electrons. The molecule has 0 spiro atoms. The van der Waals surface area contributed by atoms with Crippen molar-refractivity contribution in [3.8, 4) is 11.4 Å². The molecule has 2 aromatic heterocycles. The van der Waals surface area contributed by atoms with Crippen molar-refractivity contribution in [3.05, 3.63) is 38.4 Å². The molecule has 0 fully saturated rings. The zero-order valence-corrected chi connectivity index (χ0v) is 14.2. The van der Waals surface area contributed by atoms with Crippen LogP contribution in [0.2, 0.25) is 5.15 Å². The maximum atomic E-state index is 6.25. The number of hydrogen-bond donors (Lipinski definition) is 0. The van der Waals surface area contributed by atoms with Gasteiger partial charge >= 0.3 is 0 Å². The second kappa shape index (κ2) is 5.32. The summed E-state index contributed by atoms with van der Waals surface area (Å²) in [7, 11) is 0. The molecule has 0 aliphatic carbocycles. The third kappa shape index (κ3) is 3.05. The molecule has 19 heavy (non-hydrogen) atoms. The first-order valence-electron chi connectivity index (χ1n) is 5.95. The third-order valence-electron chi connectivity index (χ3n) is 2.78. The van der Waals surface area contributed by atoms with Crippen molar-refractivity contribution < 1.29 is 0 Å². The van der Waals surface area contributed by atoms with Gasteiger partial charge in [-0.2, -0.15) is 0 Å². The Balaban J connectivity index is 2.68. The molecule has 0 N–H and O–H groups in total. The molecule has 2 aromatic rings. The van der Waals surface area contributed by atoms with E-state index >= 15 is 0 Å². The standard InChI is InChI=1S/C14H15ClIN3/c1-8-7-17-6-5-9(8)13-18-11(14(2,3)4)10(16)12(15)19-13/h5-7H,1-4H3. The Kier molecular flexibility index (Phi) is 4.11. The Morgan fingerprint density at radius 3 is 2.47 bits per heavy atom. The van der Waals surface area contributed by atoms with E-state index in [0.29, 0.717) is 11.0 Å². The van der Waals surface area contributed by atoms with Crippen molar-refractivity contribution >= 4 is 34.2 Å². The SMILES string of the molecule is Cc1cnccc1-c1nc(Cl)c(I)c(C(C)(C)C)n1. The van der Waals surface area contributed by atoms with Crippen LogP contribution >= 0.6 is 34.2 Å². The van der Waals surface area contributed by atoms with Crippen molar-refractivity contribution in [1.82, 2.24) is 15.0 Å². The van der Waals surface area contributed by atoms with Gasteiger partial charge in [0.25, 0.3) is 0 Å². The molecule has 0 aliphatic heterocycles. The van der Waals surface area contributed by atoms with Crippen molar-refractivity contribution in [1.29, 1.82) is 0 Å². The van der Waals surface area contributed by atoms with E-state index in [-0.39, 0.29) is 5.41 Å². The average Bonchev–Trinajstić information content (AvgIpc) is 2.31. The molecular formula is C14H15ClIN3. The minimum absolute atomic E-state index is 0.0706. The largest absolute Gasteiger partial charge is 0.264 e. The van der Waals surface area contributed by atoms with Crippen LogP contribution in [0.25, 0.3) is 11.4 Å². The van der Waals surface area contributed by atoms with Gasteiger partial charge in [0.2, 0.25) is 0 Å². The molecular weight excluding hydrogens is 373 g/mol. The van der Waals surface area contributed by atoms with E-state index in [9.17, 15) is 0 Å². The van der Waals surface area contributed by atoms with Gasteiger partial charge in [-0.25, -0.2) is 9.97 Å². The fourth-order valence-electron chi connectivity index (χ4n) is 1.76. The second-order valence-electron chi connectivity index (χ2n) is 5.44. The molecule has 0 radical (unpaired) electrons. The summed E-state index contributed by atoms with van der Waals surface area (Å²) in [6, 6.07) is 1.92. The molecule has 0 unspecified atom stereocenters. The van der Waals surface area contributed by atoms with Crippen LogP contribution < -0.4 is 0 Å². The molecule has 3 nitrogen and oxygen atoms in total. The van der Waals surface area contributed by atoms with E-state index in [0.717, 1.165) is 20.4 Å². The van der Waals surface area contributed by atoms with Gasteiger partial charge in [-0.1, -0.05) is 32.4 Å². The molecule has 0 saturated heterocycles. The van der Waals surface area contributed by atoms with Gasteiger partial charge in [0, 0.05) is 23.4 Å². The number of rotatable bonds is 1. The van der Waals surface area contributed by atoms with Crippen LogP contribution in [-0.2, 0) is 5.41 Å². The maximum absolute atomic E-state index is 6.25. The Morgan fingerprint density at radius 2 is 1.89 bits per heavy atom. The van der Waals surface area contributed by atoms with Crippen molar-refractivity contribution in [2.24, 2.45) is 0 Å². The zero-order valence-electron chi connectivity index (χ0n) is 11.3. The molecule has 0 atom stereocenters. The fourth-order valence-corrected chi connectivity index (χ4v) is 2.98. The summed E-state index contributed by atoms with van der Waals surface area (Å²) in [6.07, 6.45) is 3.55. The minimum Gasteiger partial charge on any atom is -0.264 e. The van der Waals surface area contributed by atoms with Crippen LogP contribution in [0.15, 0.2) is 18.5 Å². The van der Waals surface area contributed by atoms with E-state index in [1.54, 1.807) is 12.4 Å². The first-order valence-corrected chi connectivity index (χ1v) is 7.41. The van der Waals surface area contributed by atoms with E-state index < -0.39 is 0 Å². The zero-order chi connectivity index (χ0) is 14.2. The van der Waals surface area contributed by atoms with Crippen LogP contribution in [0.1, 0.15) is 32.0 Å². The number of aromatic nitrogens is 3. The highest BCUT2D eigenvalue weighted by Gasteiger charge is 2.23. The highest BCUT2D eigenvalue weighted by molar-refractivity contribution is 14.1. The molecule has 5 heteroatoms. The van der Waals surface area contributed by atoms with Gasteiger partial charge < -0.3 is 0 Å². The lowest BCUT2D eigenvalue weighted by Crippen LogP contribution is -2.17. The van der Waals surface area contributed by atoms with Crippen LogP contribution in [-0.4, -0.2) is 15.0 Å². The summed E-state index contributed by atoms with van der Waals surface area (Å²) >= 11 is 8.46. The number of hydrogen-bond acceptors (Lipinski definition) is 3. The number of aryl methyl sites for hydroxylation is 1. The van der Waals surface area contributed by atoms with E-state index in [1.165, 1.54) is 0 Å². The Bertz CT molecular complexity index is 621. The topological polar surface area (TPSA) is 38.7 Å². The quantitative estimate of drug-likeness (QED) is 0.538. The molecule has 2 heterocycles. The third-order valence-corrected chi connectivity index (χ3v) is 4.40. The summed E-state index contributed by atoms with van der Waals surface area (Å²) in [5.41, 5.74) is 2.91. The highest BCUT2D eigenvalue weighted by atomic mass is 127. The Labute approximate surface area is 132 Å². The van der Waals surface area contributed by atoms with E-state index in [1.807, 2.05) is 13.0 Å². The first kappa shape index (κ1) is 14.7. The molecule has 0 aromatic carbocycles. The number of pyridine rings is 1. The molecule has 0 bridgehead atoms. The normalized spacial score (nSPS) is 11.7. The Hall–Kier alpha value is -0.750. The predicted molar refractivity (Wildman–Crippen MR) is 86.4 cm³/mol. The lowest BCUT2D eigenvalue weighted by atomic mass is 9.92. The van der Waals surface area contributed by atoms with Gasteiger partial charge in [0.15, 0.2) is 5.82 Å².